The quantitative estimate of drug-likeness (QED) is 0.793. The molecule has 5 heteroatoms. The van der Waals surface area contributed by atoms with Crippen molar-refractivity contribution in [2.24, 2.45) is 0 Å². The van der Waals surface area contributed by atoms with Gasteiger partial charge in [0, 0.05) is 6.61 Å². The van der Waals surface area contributed by atoms with Crippen molar-refractivity contribution < 1.29 is 13.5 Å². The summed E-state index contributed by atoms with van der Waals surface area (Å²) in [6.45, 7) is 1.86. The molecule has 0 fully saturated rings. The van der Waals surface area contributed by atoms with Gasteiger partial charge in [0.05, 0.1) is 11.4 Å². The number of aliphatic hydroxyl groups excluding tert-OH is 1. The molecular weight excluding hydrogens is 226 g/mol. The lowest BCUT2D eigenvalue weighted by Crippen LogP contribution is -2.18. The van der Waals surface area contributed by atoms with Crippen LogP contribution in [-0.4, -0.2) is 25.9 Å². The molecule has 0 heterocycles. The molecule has 0 bridgehead atoms. The first-order valence-electron chi connectivity index (χ1n) is 5.28. The molecule has 0 aliphatic rings. The van der Waals surface area contributed by atoms with Gasteiger partial charge in [-0.3, -0.25) is 4.72 Å². The highest BCUT2D eigenvalue weighted by Crippen LogP contribution is 2.17. The topological polar surface area (TPSA) is 66.4 Å². The molecule has 0 atom stereocenters. The lowest BCUT2D eigenvalue weighted by Gasteiger charge is -2.10. The van der Waals surface area contributed by atoms with Gasteiger partial charge in [0.25, 0.3) is 0 Å². The number of benzene rings is 1. The van der Waals surface area contributed by atoms with Crippen molar-refractivity contribution in [3.8, 4) is 0 Å². The van der Waals surface area contributed by atoms with Crippen LogP contribution in [0.1, 0.15) is 18.9 Å². The van der Waals surface area contributed by atoms with Gasteiger partial charge in [0.1, 0.15) is 0 Å². The second-order valence-corrected chi connectivity index (χ2v) is 5.35. The second kappa shape index (κ2) is 5.86. The molecule has 90 valence electrons. The summed E-state index contributed by atoms with van der Waals surface area (Å²) in [6, 6.07) is 7.31. The van der Waals surface area contributed by atoms with Crippen LogP contribution in [0.15, 0.2) is 24.3 Å². The lowest BCUT2D eigenvalue weighted by atomic mass is 10.1. The highest BCUT2D eigenvalue weighted by Gasteiger charge is 2.11. The molecule has 0 saturated heterocycles. The van der Waals surface area contributed by atoms with Crippen molar-refractivity contribution in [1.29, 1.82) is 0 Å². The zero-order valence-corrected chi connectivity index (χ0v) is 10.1. The highest BCUT2D eigenvalue weighted by atomic mass is 32.2. The molecular formula is C11H17NO3S. The Morgan fingerprint density at radius 3 is 2.62 bits per heavy atom. The minimum absolute atomic E-state index is 0.0540. The smallest absolute Gasteiger partial charge is 0.232 e. The Morgan fingerprint density at radius 2 is 2.00 bits per heavy atom. The average molecular weight is 243 g/mol. The molecule has 1 aromatic rings. The standard InChI is InChI=1S/C11H17NO3S/c1-2-10-6-3-4-7-11(10)12-16(14,15)9-5-8-13/h3-4,6-7,12-13H,2,5,8-9H2,1H3. The van der Waals surface area contributed by atoms with Crippen LogP contribution in [0.3, 0.4) is 0 Å². The number of para-hydroxylation sites is 1. The van der Waals surface area contributed by atoms with Gasteiger partial charge in [-0.15, -0.1) is 0 Å². The van der Waals surface area contributed by atoms with Crippen LogP contribution in [0.5, 0.6) is 0 Å². The van der Waals surface area contributed by atoms with Gasteiger partial charge in [-0.05, 0) is 24.5 Å². The number of rotatable bonds is 6. The fraction of sp³-hybridized carbons (Fsp3) is 0.455. The second-order valence-electron chi connectivity index (χ2n) is 3.51. The molecule has 0 spiro atoms. The van der Waals surface area contributed by atoms with Gasteiger partial charge < -0.3 is 5.11 Å². The Morgan fingerprint density at radius 1 is 1.31 bits per heavy atom. The number of hydrogen-bond donors (Lipinski definition) is 2. The minimum atomic E-state index is -3.34. The Kier molecular flexibility index (Phi) is 4.76. The monoisotopic (exact) mass is 243 g/mol. The van der Waals surface area contributed by atoms with E-state index in [2.05, 4.69) is 4.72 Å². The number of hydrogen-bond acceptors (Lipinski definition) is 3. The zero-order chi connectivity index (χ0) is 12.0. The fourth-order valence-corrected chi connectivity index (χ4v) is 2.55. The first-order valence-corrected chi connectivity index (χ1v) is 6.93. The van der Waals surface area contributed by atoms with E-state index < -0.39 is 10.0 Å². The first-order chi connectivity index (χ1) is 7.59. The van der Waals surface area contributed by atoms with Crippen LogP contribution in [0.4, 0.5) is 5.69 Å². The van der Waals surface area contributed by atoms with Crippen molar-refractivity contribution >= 4 is 15.7 Å². The van der Waals surface area contributed by atoms with Gasteiger partial charge in [-0.25, -0.2) is 8.42 Å². The molecule has 1 rings (SSSR count). The van der Waals surface area contributed by atoms with Crippen molar-refractivity contribution in [3.63, 3.8) is 0 Å². The van der Waals surface area contributed by atoms with Crippen LogP contribution in [0.25, 0.3) is 0 Å². The molecule has 2 N–H and O–H groups in total. The van der Waals surface area contributed by atoms with Gasteiger partial charge in [0.2, 0.25) is 10.0 Å². The average Bonchev–Trinajstić information content (AvgIpc) is 2.27. The van der Waals surface area contributed by atoms with Crippen molar-refractivity contribution in [3.05, 3.63) is 29.8 Å². The molecule has 0 amide bonds. The summed E-state index contributed by atoms with van der Waals surface area (Å²) < 4.78 is 25.7. The van der Waals surface area contributed by atoms with Gasteiger partial charge >= 0.3 is 0 Å². The molecule has 0 radical (unpaired) electrons. The van der Waals surface area contributed by atoms with Gasteiger partial charge in [0.15, 0.2) is 0 Å². The number of sulfonamides is 1. The number of aryl methyl sites for hydroxylation is 1. The molecule has 0 aromatic heterocycles. The minimum Gasteiger partial charge on any atom is -0.396 e. The maximum absolute atomic E-state index is 11.6. The van der Waals surface area contributed by atoms with Gasteiger partial charge in [-0.1, -0.05) is 25.1 Å². The summed E-state index contributed by atoms with van der Waals surface area (Å²) in [6.07, 6.45) is 1.03. The molecule has 16 heavy (non-hydrogen) atoms. The first kappa shape index (κ1) is 13.0. The number of aliphatic hydroxyl groups is 1. The summed E-state index contributed by atoms with van der Waals surface area (Å²) in [4.78, 5) is 0. The van der Waals surface area contributed by atoms with E-state index in [0.29, 0.717) is 5.69 Å². The Bertz CT molecular complexity index is 429. The van der Waals surface area contributed by atoms with Crippen LogP contribution < -0.4 is 4.72 Å². The maximum Gasteiger partial charge on any atom is 0.232 e. The third-order valence-electron chi connectivity index (χ3n) is 2.23. The van der Waals surface area contributed by atoms with Crippen molar-refractivity contribution in [1.82, 2.24) is 0 Å². The van der Waals surface area contributed by atoms with E-state index >= 15 is 0 Å². The largest absolute Gasteiger partial charge is 0.396 e. The molecule has 1 aromatic carbocycles. The highest BCUT2D eigenvalue weighted by molar-refractivity contribution is 7.92. The van der Waals surface area contributed by atoms with E-state index in [1.165, 1.54) is 0 Å². The summed E-state index contributed by atoms with van der Waals surface area (Å²) in [5, 5.41) is 8.60. The normalized spacial score (nSPS) is 11.4. The number of nitrogens with one attached hydrogen (secondary N) is 1. The Balaban J connectivity index is 2.79. The van der Waals surface area contributed by atoms with E-state index in [1.807, 2.05) is 19.1 Å². The third-order valence-corrected chi connectivity index (χ3v) is 3.59. The Hall–Kier alpha value is -1.07. The van der Waals surface area contributed by atoms with Gasteiger partial charge in [-0.2, -0.15) is 0 Å². The zero-order valence-electron chi connectivity index (χ0n) is 9.31. The summed E-state index contributed by atoms with van der Waals surface area (Å²) in [5.41, 5.74) is 1.60. The predicted octanol–water partition coefficient (Wildman–Crippen LogP) is 1.37. The van der Waals surface area contributed by atoms with Crippen LogP contribution in [0.2, 0.25) is 0 Å². The maximum atomic E-state index is 11.6. The number of anilines is 1. The summed E-state index contributed by atoms with van der Waals surface area (Å²) >= 11 is 0. The van der Waals surface area contributed by atoms with E-state index in [4.69, 9.17) is 5.11 Å². The summed E-state index contributed by atoms with van der Waals surface area (Å²) in [7, 11) is -3.34. The van der Waals surface area contributed by atoms with E-state index in [1.54, 1.807) is 12.1 Å². The van der Waals surface area contributed by atoms with Crippen molar-refractivity contribution in [2.75, 3.05) is 17.1 Å². The van der Waals surface area contributed by atoms with E-state index in [0.717, 1.165) is 12.0 Å². The van der Waals surface area contributed by atoms with E-state index in [-0.39, 0.29) is 18.8 Å². The molecule has 0 aliphatic heterocycles. The van der Waals surface area contributed by atoms with Crippen LogP contribution >= 0.6 is 0 Å². The molecule has 0 unspecified atom stereocenters. The van der Waals surface area contributed by atoms with Crippen molar-refractivity contribution in [2.45, 2.75) is 19.8 Å². The van der Waals surface area contributed by atoms with Crippen LogP contribution in [-0.2, 0) is 16.4 Å². The van der Waals surface area contributed by atoms with E-state index in [9.17, 15) is 8.42 Å². The lowest BCUT2D eigenvalue weighted by molar-refractivity contribution is 0.295. The summed E-state index contributed by atoms with van der Waals surface area (Å²) in [5.74, 6) is -0.0540. The molecule has 0 saturated carbocycles. The Labute approximate surface area is 96.4 Å². The predicted molar refractivity (Wildman–Crippen MR) is 64.9 cm³/mol. The fourth-order valence-electron chi connectivity index (χ4n) is 1.40. The van der Waals surface area contributed by atoms with Crippen LogP contribution in [0, 0.1) is 0 Å². The SMILES string of the molecule is CCc1ccccc1NS(=O)(=O)CCCO. The third kappa shape index (κ3) is 3.83. The molecule has 0 aliphatic carbocycles. The molecule has 4 nitrogen and oxygen atoms in total.